The first kappa shape index (κ1) is 12.5. The molecule has 0 aliphatic carbocycles. The van der Waals surface area contributed by atoms with Crippen molar-refractivity contribution in [1.29, 1.82) is 0 Å². The summed E-state index contributed by atoms with van der Waals surface area (Å²) in [4.78, 5) is 11.2. The van der Waals surface area contributed by atoms with Gasteiger partial charge in [0, 0.05) is 5.56 Å². The summed E-state index contributed by atoms with van der Waals surface area (Å²) in [6.45, 7) is 1.49. The number of nitrogen functional groups attached to an aromatic ring is 1. The molecule has 0 heterocycles. The highest BCUT2D eigenvalue weighted by molar-refractivity contribution is 6.32. The van der Waals surface area contributed by atoms with Gasteiger partial charge in [-0.25, -0.2) is 0 Å². The minimum Gasteiger partial charge on any atom is -0.454 e. The van der Waals surface area contributed by atoms with Gasteiger partial charge in [0.05, 0.1) is 10.7 Å². The third-order valence-corrected chi connectivity index (χ3v) is 2.79. The van der Waals surface area contributed by atoms with E-state index in [9.17, 15) is 4.79 Å². The summed E-state index contributed by atoms with van der Waals surface area (Å²) in [7, 11) is 0. The third-order valence-electron chi connectivity index (χ3n) is 2.47. The number of para-hydroxylation sites is 1. The number of carbonyl (C=O) groups excluding carboxylic acids is 1. The molecular formula is C14H12ClNO2. The quantitative estimate of drug-likeness (QED) is 0.673. The van der Waals surface area contributed by atoms with Gasteiger partial charge in [-0.1, -0.05) is 23.7 Å². The first-order chi connectivity index (χ1) is 8.58. The predicted octanol–water partition coefficient (Wildman–Crippen LogP) is 3.92. The maximum atomic E-state index is 11.2. The van der Waals surface area contributed by atoms with Crippen molar-refractivity contribution in [2.24, 2.45) is 0 Å². The summed E-state index contributed by atoms with van der Waals surface area (Å²) in [6, 6.07) is 12.0. The van der Waals surface area contributed by atoms with E-state index >= 15 is 0 Å². The van der Waals surface area contributed by atoms with Crippen molar-refractivity contribution < 1.29 is 9.53 Å². The molecule has 0 unspecified atom stereocenters. The summed E-state index contributed by atoms with van der Waals surface area (Å²) in [5.74, 6) is 0.973. The van der Waals surface area contributed by atoms with Gasteiger partial charge < -0.3 is 10.5 Å². The van der Waals surface area contributed by atoms with Crippen LogP contribution in [0.15, 0.2) is 42.5 Å². The van der Waals surface area contributed by atoms with Gasteiger partial charge in [0.15, 0.2) is 5.78 Å². The van der Waals surface area contributed by atoms with Crippen LogP contribution in [-0.4, -0.2) is 5.78 Å². The fourth-order valence-electron chi connectivity index (χ4n) is 1.51. The Hall–Kier alpha value is -2.00. The lowest BCUT2D eigenvalue weighted by Gasteiger charge is -2.10. The van der Waals surface area contributed by atoms with Gasteiger partial charge in [-0.2, -0.15) is 0 Å². The zero-order chi connectivity index (χ0) is 13.1. The first-order valence-corrected chi connectivity index (χ1v) is 5.78. The number of ketones is 1. The largest absolute Gasteiger partial charge is 0.454 e. The molecule has 2 N–H and O–H groups in total. The van der Waals surface area contributed by atoms with E-state index < -0.39 is 0 Å². The van der Waals surface area contributed by atoms with E-state index in [1.165, 1.54) is 6.92 Å². The third kappa shape index (κ3) is 2.63. The Bertz CT molecular complexity index is 596. The highest BCUT2D eigenvalue weighted by Crippen LogP contribution is 2.32. The second-order valence-electron chi connectivity index (χ2n) is 3.84. The van der Waals surface area contributed by atoms with Crippen LogP contribution in [0, 0.1) is 0 Å². The predicted molar refractivity (Wildman–Crippen MR) is 72.4 cm³/mol. The van der Waals surface area contributed by atoms with E-state index in [0.717, 1.165) is 0 Å². The van der Waals surface area contributed by atoms with Crippen molar-refractivity contribution in [3.8, 4) is 11.5 Å². The van der Waals surface area contributed by atoms with Crippen molar-refractivity contribution in [1.82, 2.24) is 0 Å². The number of nitrogens with two attached hydrogens (primary N) is 1. The number of hydrogen-bond donors (Lipinski definition) is 1. The Morgan fingerprint density at radius 1 is 1.17 bits per heavy atom. The second-order valence-corrected chi connectivity index (χ2v) is 4.25. The van der Waals surface area contributed by atoms with Crippen molar-refractivity contribution >= 4 is 23.1 Å². The minimum absolute atomic E-state index is 0.0361. The number of hydrogen-bond acceptors (Lipinski definition) is 3. The topological polar surface area (TPSA) is 52.3 Å². The molecule has 0 bridgehead atoms. The van der Waals surface area contributed by atoms with Crippen LogP contribution in [0.3, 0.4) is 0 Å². The molecule has 0 spiro atoms. The second kappa shape index (κ2) is 5.10. The molecule has 2 rings (SSSR count). The lowest BCUT2D eigenvalue weighted by molar-refractivity contribution is 0.101. The first-order valence-electron chi connectivity index (χ1n) is 5.41. The minimum atomic E-state index is -0.0361. The fraction of sp³-hybridized carbons (Fsp3) is 0.0714. The zero-order valence-electron chi connectivity index (χ0n) is 9.81. The van der Waals surface area contributed by atoms with Gasteiger partial charge in [0.25, 0.3) is 0 Å². The summed E-state index contributed by atoms with van der Waals surface area (Å²) in [5, 5.41) is 0.507. The highest BCUT2D eigenvalue weighted by Gasteiger charge is 2.07. The summed E-state index contributed by atoms with van der Waals surface area (Å²) >= 11 is 5.99. The molecule has 3 nitrogen and oxygen atoms in total. The lowest BCUT2D eigenvalue weighted by atomic mass is 10.1. The molecule has 0 radical (unpaired) electrons. The summed E-state index contributed by atoms with van der Waals surface area (Å²) < 4.78 is 5.61. The van der Waals surface area contributed by atoms with Crippen LogP contribution >= 0.6 is 11.6 Å². The highest BCUT2D eigenvalue weighted by atomic mass is 35.5. The molecule has 2 aromatic rings. The average Bonchev–Trinajstić information content (AvgIpc) is 2.34. The molecule has 18 heavy (non-hydrogen) atoms. The van der Waals surface area contributed by atoms with Crippen LogP contribution < -0.4 is 10.5 Å². The normalized spacial score (nSPS) is 10.1. The van der Waals surface area contributed by atoms with E-state index in [-0.39, 0.29) is 5.78 Å². The number of Topliss-reactive ketones (excluding diaryl/α,β-unsaturated/α-hetero) is 1. The molecule has 0 saturated carbocycles. The molecule has 0 saturated heterocycles. The standard InChI is InChI=1S/C14H12ClNO2/c1-9(17)10-6-7-14(12(16)8-10)18-13-5-3-2-4-11(13)15/h2-8H,16H2,1H3. The van der Waals surface area contributed by atoms with Crippen LogP contribution in [0.25, 0.3) is 0 Å². The summed E-state index contributed by atoms with van der Waals surface area (Å²) in [6.07, 6.45) is 0. The van der Waals surface area contributed by atoms with E-state index in [2.05, 4.69) is 0 Å². The molecule has 4 heteroatoms. The molecule has 0 atom stereocenters. The van der Waals surface area contributed by atoms with Crippen LogP contribution in [0.2, 0.25) is 5.02 Å². The number of rotatable bonds is 3. The van der Waals surface area contributed by atoms with Crippen LogP contribution in [0.1, 0.15) is 17.3 Å². The zero-order valence-corrected chi connectivity index (χ0v) is 10.6. The molecule has 0 aliphatic heterocycles. The van der Waals surface area contributed by atoms with Crippen molar-refractivity contribution in [3.05, 3.63) is 53.1 Å². The fourth-order valence-corrected chi connectivity index (χ4v) is 1.68. The van der Waals surface area contributed by atoms with Crippen molar-refractivity contribution in [3.63, 3.8) is 0 Å². The molecule has 0 fully saturated rings. The Labute approximate surface area is 110 Å². The van der Waals surface area contributed by atoms with Gasteiger partial charge in [-0.05, 0) is 37.3 Å². The number of halogens is 1. The number of carbonyl (C=O) groups is 1. The molecule has 0 aromatic heterocycles. The molecule has 2 aromatic carbocycles. The van der Waals surface area contributed by atoms with E-state index in [1.807, 2.05) is 12.1 Å². The van der Waals surface area contributed by atoms with Crippen LogP contribution in [0.5, 0.6) is 11.5 Å². The SMILES string of the molecule is CC(=O)c1ccc(Oc2ccccc2Cl)c(N)c1. The molecule has 92 valence electrons. The molecule has 0 amide bonds. The number of ether oxygens (including phenoxy) is 1. The monoisotopic (exact) mass is 261 g/mol. The number of benzene rings is 2. The Morgan fingerprint density at radius 2 is 1.89 bits per heavy atom. The van der Waals surface area contributed by atoms with Gasteiger partial charge >= 0.3 is 0 Å². The van der Waals surface area contributed by atoms with E-state index in [1.54, 1.807) is 30.3 Å². The van der Waals surface area contributed by atoms with Gasteiger partial charge in [-0.3, -0.25) is 4.79 Å². The smallest absolute Gasteiger partial charge is 0.159 e. The van der Waals surface area contributed by atoms with Gasteiger partial charge in [0.2, 0.25) is 0 Å². The average molecular weight is 262 g/mol. The van der Waals surface area contributed by atoms with Crippen LogP contribution in [-0.2, 0) is 0 Å². The Morgan fingerprint density at radius 3 is 2.50 bits per heavy atom. The van der Waals surface area contributed by atoms with Gasteiger partial charge in [0.1, 0.15) is 11.5 Å². The lowest BCUT2D eigenvalue weighted by Crippen LogP contribution is -1.97. The molecule has 0 aliphatic rings. The molecular weight excluding hydrogens is 250 g/mol. The Balaban J connectivity index is 2.30. The van der Waals surface area contributed by atoms with E-state index in [4.69, 9.17) is 22.1 Å². The van der Waals surface area contributed by atoms with Crippen molar-refractivity contribution in [2.75, 3.05) is 5.73 Å². The van der Waals surface area contributed by atoms with Crippen molar-refractivity contribution in [2.45, 2.75) is 6.92 Å². The van der Waals surface area contributed by atoms with Gasteiger partial charge in [-0.15, -0.1) is 0 Å². The maximum Gasteiger partial charge on any atom is 0.159 e. The van der Waals surface area contributed by atoms with Crippen LogP contribution in [0.4, 0.5) is 5.69 Å². The Kier molecular flexibility index (Phi) is 3.53. The maximum absolute atomic E-state index is 11.2. The number of anilines is 1. The summed E-state index contributed by atoms with van der Waals surface area (Å²) in [5.41, 5.74) is 6.80. The van der Waals surface area contributed by atoms with E-state index in [0.29, 0.717) is 27.8 Å².